The number of anilines is 4. The lowest BCUT2D eigenvalue weighted by molar-refractivity contribution is -0.116. The average Bonchev–Trinajstić information content (AvgIpc) is 2.84. The van der Waals surface area contributed by atoms with Gasteiger partial charge >= 0.3 is 0 Å². The van der Waals surface area contributed by atoms with Gasteiger partial charge in [0.25, 0.3) is 11.8 Å². The van der Waals surface area contributed by atoms with Gasteiger partial charge in [-0.15, -0.1) is 0 Å². The SMILES string of the molecule is CCC(=O)Nc1cccc(NC(=O)c2ccc(C(=O)Nc3cccc(NC(=O)CC)c3)cc2)c1. The third-order valence-corrected chi connectivity index (χ3v) is 4.86. The van der Waals surface area contributed by atoms with Gasteiger partial charge in [-0.3, -0.25) is 19.2 Å². The Kier molecular flexibility index (Phi) is 8.12. The molecule has 4 amide bonds. The fourth-order valence-electron chi connectivity index (χ4n) is 3.03. The van der Waals surface area contributed by atoms with Gasteiger partial charge in [0.05, 0.1) is 0 Å². The topological polar surface area (TPSA) is 116 Å². The van der Waals surface area contributed by atoms with Gasteiger partial charge in [0.2, 0.25) is 11.8 Å². The van der Waals surface area contributed by atoms with Crippen molar-refractivity contribution in [3.05, 3.63) is 83.9 Å². The molecule has 8 heteroatoms. The zero-order valence-electron chi connectivity index (χ0n) is 19.0. The molecule has 0 aliphatic carbocycles. The fraction of sp³-hybridized carbons (Fsp3) is 0.154. The zero-order chi connectivity index (χ0) is 24.5. The van der Waals surface area contributed by atoms with Crippen LogP contribution in [-0.4, -0.2) is 23.6 Å². The van der Waals surface area contributed by atoms with Crippen molar-refractivity contribution in [3.8, 4) is 0 Å². The van der Waals surface area contributed by atoms with Crippen molar-refractivity contribution in [1.29, 1.82) is 0 Å². The van der Waals surface area contributed by atoms with Crippen LogP contribution in [0.25, 0.3) is 0 Å². The Bertz CT molecular complexity index is 1110. The second-order valence-electron chi connectivity index (χ2n) is 7.45. The molecule has 0 fully saturated rings. The molecule has 0 heterocycles. The molecule has 0 spiro atoms. The second kappa shape index (κ2) is 11.4. The predicted molar refractivity (Wildman–Crippen MR) is 133 cm³/mol. The first-order chi connectivity index (χ1) is 16.4. The van der Waals surface area contributed by atoms with Gasteiger partial charge in [-0.2, -0.15) is 0 Å². The standard InChI is InChI=1S/C26H26N4O4/c1-3-23(31)27-19-7-5-9-21(15-19)29-25(33)17-11-13-18(14-12-17)26(34)30-22-10-6-8-20(16-22)28-24(32)4-2/h5-16H,3-4H2,1-2H3,(H,27,31)(H,28,32)(H,29,33)(H,30,34). The molecule has 34 heavy (non-hydrogen) atoms. The molecule has 3 aromatic carbocycles. The second-order valence-corrected chi connectivity index (χ2v) is 7.45. The van der Waals surface area contributed by atoms with Crippen LogP contribution in [0.2, 0.25) is 0 Å². The average molecular weight is 459 g/mol. The lowest BCUT2D eigenvalue weighted by Gasteiger charge is -2.10. The summed E-state index contributed by atoms with van der Waals surface area (Å²) < 4.78 is 0. The van der Waals surface area contributed by atoms with E-state index in [1.165, 1.54) is 0 Å². The van der Waals surface area contributed by atoms with Gasteiger partial charge in [-0.25, -0.2) is 0 Å². The molecule has 0 aliphatic rings. The minimum atomic E-state index is -0.342. The highest BCUT2D eigenvalue weighted by atomic mass is 16.2. The minimum Gasteiger partial charge on any atom is -0.326 e. The van der Waals surface area contributed by atoms with Gasteiger partial charge in [-0.05, 0) is 60.7 Å². The van der Waals surface area contributed by atoms with Crippen LogP contribution in [0.1, 0.15) is 47.4 Å². The highest BCUT2D eigenvalue weighted by Gasteiger charge is 2.11. The quantitative estimate of drug-likeness (QED) is 0.385. The monoisotopic (exact) mass is 458 g/mol. The molecule has 0 unspecified atom stereocenters. The number of amides is 4. The van der Waals surface area contributed by atoms with E-state index in [0.29, 0.717) is 46.7 Å². The number of rotatable bonds is 8. The molecule has 3 aromatic rings. The molecule has 0 aliphatic heterocycles. The van der Waals surface area contributed by atoms with E-state index >= 15 is 0 Å². The first kappa shape index (κ1) is 24.2. The molecule has 4 N–H and O–H groups in total. The molecule has 0 saturated heterocycles. The summed E-state index contributed by atoms with van der Waals surface area (Å²) in [5, 5.41) is 11.0. The number of hydrogen-bond acceptors (Lipinski definition) is 4. The van der Waals surface area contributed by atoms with Gasteiger partial charge < -0.3 is 21.3 Å². The Balaban J connectivity index is 1.62. The van der Waals surface area contributed by atoms with Crippen LogP contribution in [0.5, 0.6) is 0 Å². The largest absolute Gasteiger partial charge is 0.326 e. The van der Waals surface area contributed by atoms with E-state index in [4.69, 9.17) is 0 Å². The first-order valence-corrected chi connectivity index (χ1v) is 10.9. The summed E-state index contributed by atoms with van der Waals surface area (Å²) in [6.07, 6.45) is 0.717. The van der Waals surface area contributed by atoms with Crippen molar-refractivity contribution < 1.29 is 19.2 Å². The lowest BCUT2D eigenvalue weighted by atomic mass is 10.1. The zero-order valence-corrected chi connectivity index (χ0v) is 19.0. The van der Waals surface area contributed by atoms with Gasteiger partial charge in [0.15, 0.2) is 0 Å². The first-order valence-electron chi connectivity index (χ1n) is 10.9. The third-order valence-electron chi connectivity index (χ3n) is 4.86. The molecule has 0 bridgehead atoms. The van der Waals surface area contributed by atoms with Gasteiger partial charge in [-0.1, -0.05) is 26.0 Å². The summed E-state index contributed by atoms with van der Waals surface area (Å²) in [4.78, 5) is 48.3. The number of benzene rings is 3. The molecule has 0 aromatic heterocycles. The van der Waals surface area contributed by atoms with E-state index in [-0.39, 0.29) is 23.6 Å². The molecule has 0 atom stereocenters. The summed E-state index contributed by atoms with van der Waals surface area (Å²) in [6, 6.07) is 20.0. The Labute approximate surface area is 197 Å². The Morgan fingerprint density at radius 3 is 1.18 bits per heavy atom. The highest BCUT2D eigenvalue weighted by molar-refractivity contribution is 6.07. The number of carbonyl (C=O) groups is 4. The number of carbonyl (C=O) groups excluding carboxylic acids is 4. The third kappa shape index (κ3) is 6.77. The maximum absolute atomic E-state index is 12.6. The van der Waals surface area contributed by atoms with E-state index < -0.39 is 0 Å². The summed E-state index contributed by atoms with van der Waals surface area (Å²) in [7, 11) is 0. The molecule has 0 saturated carbocycles. The molecular formula is C26H26N4O4. The highest BCUT2D eigenvalue weighted by Crippen LogP contribution is 2.18. The normalized spacial score (nSPS) is 10.2. The Morgan fingerprint density at radius 1 is 0.529 bits per heavy atom. The van der Waals surface area contributed by atoms with Crippen molar-refractivity contribution in [2.45, 2.75) is 26.7 Å². The maximum atomic E-state index is 12.6. The van der Waals surface area contributed by atoms with Crippen molar-refractivity contribution in [1.82, 2.24) is 0 Å². The summed E-state index contributed by atoms with van der Waals surface area (Å²) in [5.41, 5.74) is 3.02. The van der Waals surface area contributed by atoms with E-state index in [1.54, 1.807) is 86.6 Å². The number of hydrogen-bond donors (Lipinski definition) is 4. The Hall–Kier alpha value is -4.46. The summed E-state index contributed by atoms with van der Waals surface area (Å²) >= 11 is 0. The van der Waals surface area contributed by atoms with Crippen LogP contribution in [0, 0.1) is 0 Å². The molecular weight excluding hydrogens is 432 g/mol. The molecule has 8 nitrogen and oxygen atoms in total. The van der Waals surface area contributed by atoms with E-state index in [2.05, 4.69) is 21.3 Å². The van der Waals surface area contributed by atoms with Crippen LogP contribution in [-0.2, 0) is 9.59 Å². The molecule has 0 radical (unpaired) electrons. The Morgan fingerprint density at radius 2 is 0.853 bits per heavy atom. The fourth-order valence-corrected chi connectivity index (χ4v) is 3.03. The lowest BCUT2D eigenvalue weighted by Crippen LogP contribution is -2.15. The minimum absolute atomic E-state index is 0.116. The van der Waals surface area contributed by atoms with E-state index in [1.807, 2.05) is 0 Å². The van der Waals surface area contributed by atoms with Gasteiger partial charge in [0.1, 0.15) is 0 Å². The molecule has 3 rings (SSSR count). The van der Waals surface area contributed by atoms with Crippen LogP contribution in [0.4, 0.5) is 22.7 Å². The summed E-state index contributed by atoms with van der Waals surface area (Å²) in [6.45, 7) is 3.52. The van der Waals surface area contributed by atoms with Gasteiger partial charge in [0, 0.05) is 46.7 Å². The van der Waals surface area contributed by atoms with Crippen LogP contribution in [0.3, 0.4) is 0 Å². The maximum Gasteiger partial charge on any atom is 0.255 e. The van der Waals surface area contributed by atoms with Crippen molar-refractivity contribution in [2.75, 3.05) is 21.3 Å². The van der Waals surface area contributed by atoms with Crippen LogP contribution < -0.4 is 21.3 Å². The summed E-state index contributed by atoms with van der Waals surface area (Å²) in [5.74, 6) is -0.917. The molecule has 174 valence electrons. The smallest absolute Gasteiger partial charge is 0.255 e. The van der Waals surface area contributed by atoms with Crippen LogP contribution >= 0.6 is 0 Å². The van der Waals surface area contributed by atoms with Crippen LogP contribution in [0.15, 0.2) is 72.8 Å². The van der Waals surface area contributed by atoms with Crippen molar-refractivity contribution in [3.63, 3.8) is 0 Å². The predicted octanol–water partition coefficient (Wildman–Crippen LogP) is 4.89. The van der Waals surface area contributed by atoms with Crippen molar-refractivity contribution in [2.24, 2.45) is 0 Å². The number of nitrogens with one attached hydrogen (secondary N) is 4. The van der Waals surface area contributed by atoms with E-state index in [9.17, 15) is 19.2 Å². The van der Waals surface area contributed by atoms with Crippen molar-refractivity contribution >= 4 is 46.4 Å². The van der Waals surface area contributed by atoms with E-state index in [0.717, 1.165) is 0 Å².